The topological polar surface area (TPSA) is 9.23 Å². The van der Waals surface area contributed by atoms with E-state index in [0.717, 1.165) is 12.5 Å². The molecule has 1 fully saturated rings. The summed E-state index contributed by atoms with van der Waals surface area (Å²) in [7, 11) is 0. The van der Waals surface area contributed by atoms with Crippen LogP contribution in [0.1, 0.15) is 58.8 Å². The molecule has 90 valence electrons. The van der Waals surface area contributed by atoms with E-state index in [-0.39, 0.29) is 0 Å². The van der Waals surface area contributed by atoms with Crippen molar-refractivity contribution in [3.8, 4) is 0 Å². The molecule has 1 rings (SSSR count). The first-order chi connectivity index (χ1) is 7.26. The van der Waals surface area contributed by atoms with Gasteiger partial charge in [0.2, 0.25) is 0 Å². The molecule has 0 aromatic carbocycles. The van der Waals surface area contributed by atoms with Gasteiger partial charge in [0.1, 0.15) is 0 Å². The number of ether oxygens (including phenoxy) is 1. The SMILES string of the molecule is CCC(CC)(CCl)CCCC1CCCO1. The molecule has 1 aliphatic rings. The Kier molecular flexibility index (Phi) is 5.99. The molecule has 0 radical (unpaired) electrons. The van der Waals surface area contributed by atoms with E-state index in [1.165, 1.54) is 44.9 Å². The van der Waals surface area contributed by atoms with Gasteiger partial charge in [0.05, 0.1) is 6.10 Å². The number of alkyl halides is 1. The smallest absolute Gasteiger partial charge is 0.0576 e. The standard InChI is InChI=1S/C13H25ClO/c1-3-13(4-2,11-14)9-5-7-12-8-6-10-15-12/h12H,3-11H2,1-2H3. The van der Waals surface area contributed by atoms with Crippen molar-refractivity contribution in [2.45, 2.75) is 64.9 Å². The quantitative estimate of drug-likeness (QED) is 0.592. The lowest BCUT2D eigenvalue weighted by Gasteiger charge is -2.29. The Bertz CT molecular complexity index is 152. The molecule has 1 saturated heterocycles. The van der Waals surface area contributed by atoms with E-state index < -0.39 is 0 Å². The van der Waals surface area contributed by atoms with Crippen molar-refractivity contribution >= 4 is 11.6 Å². The highest BCUT2D eigenvalue weighted by atomic mass is 35.5. The minimum Gasteiger partial charge on any atom is -0.378 e. The number of hydrogen-bond donors (Lipinski definition) is 0. The molecule has 2 heteroatoms. The average Bonchev–Trinajstić information content (AvgIpc) is 2.78. The Balaban J connectivity index is 2.21. The van der Waals surface area contributed by atoms with Gasteiger partial charge in [-0.25, -0.2) is 0 Å². The van der Waals surface area contributed by atoms with Crippen LogP contribution in [0.25, 0.3) is 0 Å². The van der Waals surface area contributed by atoms with E-state index in [1.54, 1.807) is 0 Å². The second kappa shape index (κ2) is 6.75. The van der Waals surface area contributed by atoms with Crippen LogP contribution in [-0.2, 0) is 4.74 Å². The molecular weight excluding hydrogens is 208 g/mol. The Morgan fingerprint density at radius 1 is 1.33 bits per heavy atom. The maximum absolute atomic E-state index is 6.09. The lowest BCUT2D eigenvalue weighted by Crippen LogP contribution is -2.21. The highest BCUT2D eigenvalue weighted by Crippen LogP contribution is 2.34. The van der Waals surface area contributed by atoms with Crippen molar-refractivity contribution in [3.63, 3.8) is 0 Å². The van der Waals surface area contributed by atoms with Crippen molar-refractivity contribution < 1.29 is 4.74 Å². The van der Waals surface area contributed by atoms with E-state index in [0.29, 0.717) is 11.5 Å². The first-order valence-corrected chi connectivity index (χ1v) is 6.97. The highest BCUT2D eigenvalue weighted by molar-refractivity contribution is 6.18. The molecule has 0 aromatic heterocycles. The Morgan fingerprint density at radius 3 is 2.53 bits per heavy atom. The monoisotopic (exact) mass is 232 g/mol. The molecule has 0 aromatic rings. The summed E-state index contributed by atoms with van der Waals surface area (Å²) in [5, 5.41) is 0. The van der Waals surface area contributed by atoms with E-state index in [2.05, 4.69) is 13.8 Å². The maximum atomic E-state index is 6.09. The molecule has 1 heterocycles. The van der Waals surface area contributed by atoms with Gasteiger partial charge in [-0.2, -0.15) is 0 Å². The minimum absolute atomic E-state index is 0.389. The molecule has 0 amide bonds. The zero-order valence-electron chi connectivity index (χ0n) is 10.2. The third-order valence-electron chi connectivity index (χ3n) is 4.04. The summed E-state index contributed by atoms with van der Waals surface area (Å²) in [4.78, 5) is 0. The van der Waals surface area contributed by atoms with E-state index >= 15 is 0 Å². The second-order valence-electron chi connectivity index (χ2n) is 4.87. The summed E-state index contributed by atoms with van der Waals surface area (Å²) in [6, 6.07) is 0. The van der Waals surface area contributed by atoms with Crippen LogP contribution >= 0.6 is 11.6 Å². The predicted molar refractivity (Wildman–Crippen MR) is 66.6 cm³/mol. The zero-order chi connectivity index (χ0) is 11.1. The molecular formula is C13H25ClO. The van der Waals surface area contributed by atoms with Gasteiger partial charge in [-0.1, -0.05) is 20.3 Å². The van der Waals surface area contributed by atoms with Crippen LogP contribution in [0.4, 0.5) is 0 Å². The molecule has 0 spiro atoms. The van der Waals surface area contributed by atoms with Crippen molar-refractivity contribution in [1.82, 2.24) is 0 Å². The minimum atomic E-state index is 0.389. The van der Waals surface area contributed by atoms with Crippen LogP contribution < -0.4 is 0 Å². The first-order valence-electron chi connectivity index (χ1n) is 6.44. The van der Waals surface area contributed by atoms with Gasteiger partial charge in [0, 0.05) is 12.5 Å². The highest BCUT2D eigenvalue weighted by Gasteiger charge is 2.25. The lowest BCUT2D eigenvalue weighted by molar-refractivity contribution is 0.0976. The van der Waals surface area contributed by atoms with Crippen LogP contribution in [0.3, 0.4) is 0 Å². The molecule has 0 bridgehead atoms. The Labute approximate surface area is 99.5 Å². The average molecular weight is 233 g/mol. The summed E-state index contributed by atoms with van der Waals surface area (Å²) in [5.41, 5.74) is 0.389. The van der Waals surface area contributed by atoms with E-state index in [9.17, 15) is 0 Å². The fraction of sp³-hybridized carbons (Fsp3) is 1.00. The van der Waals surface area contributed by atoms with Gasteiger partial charge in [0.25, 0.3) is 0 Å². The number of hydrogen-bond acceptors (Lipinski definition) is 1. The molecule has 1 atom stereocenters. The molecule has 0 N–H and O–H groups in total. The molecule has 15 heavy (non-hydrogen) atoms. The summed E-state index contributed by atoms with van der Waals surface area (Å²) in [5.74, 6) is 0.811. The summed E-state index contributed by atoms with van der Waals surface area (Å²) in [6.45, 7) is 5.50. The van der Waals surface area contributed by atoms with Gasteiger partial charge < -0.3 is 4.74 Å². The number of halogens is 1. The molecule has 0 saturated carbocycles. The largest absolute Gasteiger partial charge is 0.378 e. The van der Waals surface area contributed by atoms with Gasteiger partial charge in [-0.3, -0.25) is 0 Å². The lowest BCUT2D eigenvalue weighted by atomic mass is 9.79. The van der Waals surface area contributed by atoms with E-state index in [4.69, 9.17) is 16.3 Å². The van der Waals surface area contributed by atoms with Crippen LogP contribution in [0.2, 0.25) is 0 Å². The third kappa shape index (κ3) is 3.96. The van der Waals surface area contributed by atoms with Crippen molar-refractivity contribution in [3.05, 3.63) is 0 Å². The van der Waals surface area contributed by atoms with Crippen molar-refractivity contribution in [1.29, 1.82) is 0 Å². The maximum Gasteiger partial charge on any atom is 0.0576 e. The Morgan fingerprint density at radius 2 is 2.07 bits per heavy atom. The van der Waals surface area contributed by atoms with E-state index in [1.807, 2.05) is 0 Å². The van der Waals surface area contributed by atoms with Crippen LogP contribution in [0.5, 0.6) is 0 Å². The summed E-state index contributed by atoms with van der Waals surface area (Å²) >= 11 is 6.09. The Hall–Kier alpha value is 0.250. The first kappa shape index (κ1) is 13.3. The van der Waals surface area contributed by atoms with Crippen molar-refractivity contribution in [2.75, 3.05) is 12.5 Å². The predicted octanol–water partition coefficient (Wildman–Crippen LogP) is 4.38. The fourth-order valence-corrected chi connectivity index (χ4v) is 2.95. The zero-order valence-corrected chi connectivity index (χ0v) is 11.0. The van der Waals surface area contributed by atoms with Crippen LogP contribution in [-0.4, -0.2) is 18.6 Å². The van der Waals surface area contributed by atoms with Gasteiger partial charge in [-0.15, -0.1) is 11.6 Å². The fourth-order valence-electron chi connectivity index (χ4n) is 2.44. The van der Waals surface area contributed by atoms with Crippen LogP contribution in [0.15, 0.2) is 0 Å². The van der Waals surface area contributed by atoms with Gasteiger partial charge >= 0.3 is 0 Å². The second-order valence-corrected chi connectivity index (χ2v) is 5.14. The normalized spacial score (nSPS) is 22.2. The third-order valence-corrected chi connectivity index (χ3v) is 4.61. The molecule has 1 aliphatic heterocycles. The van der Waals surface area contributed by atoms with Gasteiger partial charge in [0.15, 0.2) is 0 Å². The molecule has 1 nitrogen and oxygen atoms in total. The van der Waals surface area contributed by atoms with Gasteiger partial charge in [-0.05, 0) is 43.9 Å². The van der Waals surface area contributed by atoms with Crippen LogP contribution in [0, 0.1) is 5.41 Å². The summed E-state index contributed by atoms with van der Waals surface area (Å²) in [6.07, 6.45) is 9.27. The summed E-state index contributed by atoms with van der Waals surface area (Å²) < 4.78 is 5.64. The molecule has 1 unspecified atom stereocenters. The number of rotatable bonds is 7. The van der Waals surface area contributed by atoms with Crippen molar-refractivity contribution in [2.24, 2.45) is 5.41 Å². The molecule has 0 aliphatic carbocycles.